The quantitative estimate of drug-likeness (QED) is 0.577. The van der Waals surface area contributed by atoms with Crippen molar-refractivity contribution in [2.45, 2.75) is 39.2 Å². The molecule has 1 aliphatic heterocycles. The number of likely N-dealkylation sites (tertiary alicyclic amines) is 1. The third-order valence-corrected chi connectivity index (χ3v) is 3.92. The molecule has 0 N–H and O–H groups in total. The molecule has 1 aliphatic rings. The van der Waals surface area contributed by atoms with Crippen molar-refractivity contribution < 1.29 is 0 Å². The van der Waals surface area contributed by atoms with Crippen molar-refractivity contribution in [3.05, 3.63) is 0 Å². The lowest BCUT2D eigenvalue weighted by Gasteiger charge is -2.42. The van der Waals surface area contributed by atoms with Crippen LogP contribution in [-0.4, -0.2) is 74.0 Å². The summed E-state index contributed by atoms with van der Waals surface area (Å²) >= 11 is 0. The van der Waals surface area contributed by atoms with Crippen LogP contribution in [0.2, 0.25) is 0 Å². The fraction of sp³-hybridized carbons (Fsp3) is 0.933. The van der Waals surface area contributed by atoms with Gasteiger partial charge in [0.15, 0.2) is 5.96 Å². The van der Waals surface area contributed by atoms with Crippen LogP contribution in [0.25, 0.3) is 0 Å². The second-order valence-electron chi connectivity index (χ2n) is 6.91. The van der Waals surface area contributed by atoms with Crippen molar-refractivity contribution in [3.63, 3.8) is 0 Å². The number of piperidine rings is 1. The van der Waals surface area contributed by atoms with Crippen molar-refractivity contribution in [3.8, 4) is 0 Å². The van der Waals surface area contributed by atoms with E-state index < -0.39 is 0 Å². The Morgan fingerprint density at radius 2 is 1.79 bits per heavy atom. The van der Waals surface area contributed by atoms with Crippen LogP contribution >= 0.6 is 0 Å². The van der Waals surface area contributed by atoms with E-state index in [1.54, 1.807) is 0 Å². The predicted octanol–water partition coefficient (Wildman–Crippen LogP) is 1.98. The minimum absolute atomic E-state index is 0.145. The lowest BCUT2D eigenvalue weighted by molar-refractivity contribution is 0.0772. The fourth-order valence-electron chi connectivity index (χ4n) is 2.79. The second kappa shape index (κ2) is 6.60. The summed E-state index contributed by atoms with van der Waals surface area (Å²) in [5.41, 5.74) is 0.145. The first-order valence-electron chi connectivity index (χ1n) is 7.38. The summed E-state index contributed by atoms with van der Waals surface area (Å²) in [5.74, 6) is 1.86. The Kier molecular flexibility index (Phi) is 5.65. The van der Waals surface area contributed by atoms with Gasteiger partial charge < -0.3 is 9.80 Å². The largest absolute Gasteiger partial charge is 0.349 e. The zero-order valence-corrected chi connectivity index (χ0v) is 13.9. The number of aliphatic imine (C=N–C) groups is 1. The summed E-state index contributed by atoms with van der Waals surface area (Å²) in [5, 5.41) is 0. The molecular formula is C15H32N4. The average Bonchev–Trinajstić information content (AvgIpc) is 2.28. The smallest absolute Gasteiger partial charge is 0.195 e. The standard InChI is InChI=1S/C15H32N4/c1-13-9-8-10-19(11-13)15(2,3)12-16-14(17(4)5)18(6)7/h13H,8-12H2,1-7H3. The van der Waals surface area contributed by atoms with Crippen LogP contribution in [0, 0.1) is 5.92 Å². The first-order valence-corrected chi connectivity index (χ1v) is 7.38. The van der Waals surface area contributed by atoms with Gasteiger partial charge in [0.25, 0.3) is 0 Å². The number of hydrogen-bond acceptors (Lipinski definition) is 2. The molecule has 1 saturated heterocycles. The van der Waals surface area contributed by atoms with E-state index in [1.165, 1.54) is 25.9 Å². The molecule has 112 valence electrons. The molecule has 0 saturated carbocycles. The van der Waals surface area contributed by atoms with Gasteiger partial charge in [-0.15, -0.1) is 0 Å². The van der Waals surface area contributed by atoms with Gasteiger partial charge in [0.2, 0.25) is 0 Å². The van der Waals surface area contributed by atoms with E-state index in [-0.39, 0.29) is 5.54 Å². The molecular weight excluding hydrogens is 236 g/mol. The molecule has 0 aromatic heterocycles. The Morgan fingerprint density at radius 3 is 2.26 bits per heavy atom. The topological polar surface area (TPSA) is 22.1 Å². The van der Waals surface area contributed by atoms with Crippen LogP contribution in [0.15, 0.2) is 4.99 Å². The summed E-state index contributed by atoms with van der Waals surface area (Å²) in [7, 11) is 8.20. The van der Waals surface area contributed by atoms with E-state index in [1.807, 2.05) is 0 Å². The fourth-order valence-corrected chi connectivity index (χ4v) is 2.79. The Morgan fingerprint density at radius 1 is 1.21 bits per heavy atom. The highest BCUT2D eigenvalue weighted by Gasteiger charge is 2.30. The van der Waals surface area contributed by atoms with Gasteiger partial charge in [-0.25, -0.2) is 0 Å². The Bertz CT molecular complexity index is 297. The minimum atomic E-state index is 0.145. The average molecular weight is 268 g/mol. The summed E-state index contributed by atoms with van der Waals surface area (Å²) in [4.78, 5) is 11.6. The van der Waals surface area contributed by atoms with Crippen LogP contribution in [0.3, 0.4) is 0 Å². The molecule has 4 nitrogen and oxygen atoms in total. The number of nitrogens with zero attached hydrogens (tertiary/aromatic N) is 4. The molecule has 0 aromatic carbocycles. The molecule has 0 spiro atoms. The van der Waals surface area contributed by atoms with Gasteiger partial charge in [-0.2, -0.15) is 0 Å². The van der Waals surface area contributed by atoms with E-state index in [4.69, 9.17) is 4.99 Å². The minimum Gasteiger partial charge on any atom is -0.349 e. The Hall–Kier alpha value is -0.770. The van der Waals surface area contributed by atoms with Gasteiger partial charge in [0.1, 0.15) is 0 Å². The van der Waals surface area contributed by atoms with Crippen LogP contribution < -0.4 is 0 Å². The first kappa shape index (κ1) is 16.3. The number of hydrogen-bond donors (Lipinski definition) is 0. The van der Waals surface area contributed by atoms with Crippen LogP contribution in [0.1, 0.15) is 33.6 Å². The molecule has 0 radical (unpaired) electrons. The SMILES string of the molecule is CC1CCCN(C(C)(C)CN=C(N(C)C)N(C)C)C1. The maximum atomic E-state index is 4.82. The van der Waals surface area contributed by atoms with E-state index in [0.717, 1.165) is 18.4 Å². The molecule has 0 bridgehead atoms. The van der Waals surface area contributed by atoms with Gasteiger partial charge in [-0.05, 0) is 39.2 Å². The van der Waals surface area contributed by atoms with Crippen LogP contribution in [0.5, 0.6) is 0 Å². The number of rotatable bonds is 3. The van der Waals surface area contributed by atoms with E-state index in [0.29, 0.717) is 0 Å². The van der Waals surface area contributed by atoms with E-state index in [9.17, 15) is 0 Å². The monoisotopic (exact) mass is 268 g/mol. The second-order valence-corrected chi connectivity index (χ2v) is 6.91. The summed E-state index contributed by atoms with van der Waals surface area (Å²) < 4.78 is 0. The first-order chi connectivity index (χ1) is 8.74. The normalized spacial score (nSPS) is 21.1. The molecule has 1 fully saturated rings. The molecule has 1 atom stereocenters. The highest BCUT2D eigenvalue weighted by atomic mass is 15.3. The van der Waals surface area contributed by atoms with Crippen LogP contribution in [-0.2, 0) is 0 Å². The Balaban J connectivity index is 2.69. The third kappa shape index (κ3) is 4.68. The molecule has 1 rings (SSSR count). The highest BCUT2D eigenvalue weighted by Crippen LogP contribution is 2.24. The van der Waals surface area contributed by atoms with Crippen molar-refractivity contribution in [2.75, 3.05) is 47.8 Å². The molecule has 1 unspecified atom stereocenters. The predicted molar refractivity (Wildman–Crippen MR) is 83.7 cm³/mol. The van der Waals surface area contributed by atoms with Gasteiger partial charge in [-0.3, -0.25) is 9.89 Å². The van der Waals surface area contributed by atoms with Crippen molar-refractivity contribution in [2.24, 2.45) is 10.9 Å². The van der Waals surface area contributed by atoms with Gasteiger partial charge >= 0.3 is 0 Å². The Labute approximate surface area is 119 Å². The van der Waals surface area contributed by atoms with Crippen molar-refractivity contribution in [1.82, 2.24) is 14.7 Å². The summed E-state index contributed by atoms with van der Waals surface area (Å²) in [6.07, 6.45) is 2.69. The lowest BCUT2D eigenvalue weighted by Crippen LogP contribution is -2.51. The molecule has 0 amide bonds. The maximum absolute atomic E-state index is 4.82. The zero-order valence-electron chi connectivity index (χ0n) is 13.9. The van der Waals surface area contributed by atoms with E-state index >= 15 is 0 Å². The van der Waals surface area contributed by atoms with Gasteiger partial charge in [0, 0.05) is 40.3 Å². The number of guanidine groups is 1. The van der Waals surface area contributed by atoms with Crippen LogP contribution in [0.4, 0.5) is 0 Å². The zero-order chi connectivity index (χ0) is 14.6. The molecule has 0 aliphatic carbocycles. The summed E-state index contributed by atoms with van der Waals surface area (Å²) in [6.45, 7) is 10.3. The third-order valence-electron chi connectivity index (χ3n) is 3.92. The highest BCUT2D eigenvalue weighted by molar-refractivity contribution is 5.79. The van der Waals surface area contributed by atoms with Crippen molar-refractivity contribution >= 4 is 5.96 Å². The maximum Gasteiger partial charge on any atom is 0.195 e. The lowest BCUT2D eigenvalue weighted by atomic mass is 9.94. The molecule has 0 aromatic rings. The molecule has 4 heteroatoms. The van der Waals surface area contributed by atoms with Crippen molar-refractivity contribution in [1.29, 1.82) is 0 Å². The van der Waals surface area contributed by atoms with E-state index in [2.05, 4.69) is 63.7 Å². The van der Waals surface area contributed by atoms with Gasteiger partial charge in [0.05, 0.1) is 6.54 Å². The molecule has 19 heavy (non-hydrogen) atoms. The molecule has 1 heterocycles. The summed E-state index contributed by atoms with van der Waals surface area (Å²) in [6, 6.07) is 0. The van der Waals surface area contributed by atoms with Gasteiger partial charge in [-0.1, -0.05) is 6.92 Å².